The van der Waals surface area contributed by atoms with Crippen molar-refractivity contribution in [2.45, 2.75) is 59.9 Å². The lowest BCUT2D eigenvalue weighted by Crippen LogP contribution is -2.32. The van der Waals surface area contributed by atoms with Crippen LogP contribution in [0.4, 0.5) is 0 Å². The van der Waals surface area contributed by atoms with Crippen LogP contribution in [0.2, 0.25) is 0 Å². The van der Waals surface area contributed by atoms with Crippen LogP contribution in [0, 0.1) is 5.41 Å². The van der Waals surface area contributed by atoms with E-state index < -0.39 is 0 Å². The van der Waals surface area contributed by atoms with Crippen LogP contribution in [0.5, 0.6) is 0 Å². The van der Waals surface area contributed by atoms with Gasteiger partial charge in [0.05, 0.1) is 0 Å². The zero-order valence-electron chi connectivity index (χ0n) is 9.41. The standard InChI is InChI=1S/C11H25N/c1-6-8-10(12-7-2)9-11(3,4)5/h10,12H,6-9H2,1-5H3. The molecule has 1 unspecified atom stereocenters. The van der Waals surface area contributed by atoms with Crippen molar-refractivity contribution in [2.75, 3.05) is 6.54 Å². The molecule has 0 aliphatic heterocycles. The minimum atomic E-state index is 0.460. The molecule has 0 aromatic carbocycles. The molecule has 0 amide bonds. The van der Waals surface area contributed by atoms with Crippen molar-refractivity contribution >= 4 is 0 Å². The highest BCUT2D eigenvalue weighted by Gasteiger charge is 2.16. The molecule has 1 heteroatoms. The second kappa shape index (κ2) is 5.58. The summed E-state index contributed by atoms with van der Waals surface area (Å²) in [6.45, 7) is 12.5. The highest BCUT2D eigenvalue weighted by atomic mass is 14.9. The summed E-state index contributed by atoms with van der Waals surface area (Å²) in [5.41, 5.74) is 0.460. The lowest BCUT2D eigenvalue weighted by molar-refractivity contribution is 0.299. The summed E-state index contributed by atoms with van der Waals surface area (Å²) in [6.07, 6.45) is 3.88. The van der Waals surface area contributed by atoms with Gasteiger partial charge in [-0.1, -0.05) is 41.0 Å². The summed E-state index contributed by atoms with van der Waals surface area (Å²) < 4.78 is 0. The largest absolute Gasteiger partial charge is 0.314 e. The Labute approximate surface area is 77.9 Å². The van der Waals surface area contributed by atoms with E-state index in [0.717, 1.165) is 12.6 Å². The third-order valence-electron chi connectivity index (χ3n) is 1.99. The number of hydrogen-bond acceptors (Lipinski definition) is 1. The number of nitrogens with one attached hydrogen (secondary N) is 1. The summed E-state index contributed by atoms with van der Waals surface area (Å²) in [7, 11) is 0. The molecular weight excluding hydrogens is 146 g/mol. The lowest BCUT2D eigenvalue weighted by Gasteiger charge is -2.26. The van der Waals surface area contributed by atoms with Gasteiger partial charge in [-0.15, -0.1) is 0 Å². The Hall–Kier alpha value is -0.0400. The zero-order chi connectivity index (χ0) is 9.61. The smallest absolute Gasteiger partial charge is 0.00718 e. The van der Waals surface area contributed by atoms with Crippen molar-refractivity contribution < 1.29 is 0 Å². The van der Waals surface area contributed by atoms with Crippen molar-refractivity contribution in [2.24, 2.45) is 5.41 Å². The Morgan fingerprint density at radius 2 is 1.75 bits per heavy atom. The third kappa shape index (κ3) is 6.66. The van der Waals surface area contributed by atoms with Crippen molar-refractivity contribution in [1.82, 2.24) is 5.32 Å². The molecule has 1 N–H and O–H groups in total. The monoisotopic (exact) mass is 171 g/mol. The van der Waals surface area contributed by atoms with E-state index in [0.29, 0.717) is 5.41 Å². The molecule has 0 aromatic rings. The molecule has 1 nitrogen and oxygen atoms in total. The third-order valence-corrected chi connectivity index (χ3v) is 1.99. The molecule has 0 aliphatic rings. The van der Waals surface area contributed by atoms with Crippen LogP contribution < -0.4 is 5.32 Å². The molecule has 0 fully saturated rings. The van der Waals surface area contributed by atoms with Gasteiger partial charge in [0.15, 0.2) is 0 Å². The van der Waals surface area contributed by atoms with E-state index >= 15 is 0 Å². The summed E-state index contributed by atoms with van der Waals surface area (Å²) in [4.78, 5) is 0. The fraction of sp³-hybridized carbons (Fsp3) is 1.00. The number of hydrogen-bond donors (Lipinski definition) is 1. The topological polar surface area (TPSA) is 12.0 Å². The quantitative estimate of drug-likeness (QED) is 0.670. The minimum absolute atomic E-state index is 0.460. The Morgan fingerprint density at radius 1 is 1.17 bits per heavy atom. The Balaban J connectivity index is 3.77. The summed E-state index contributed by atoms with van der Waals surface area (Å²) in [5.74, 6) is 0. The highest BCUT2D eigenvalue weighted by molar-refractivity contribution is 4.73. The second-order valence-electron chi connectivity index (χ2n) is 4.81. The van der Waals surface area contributed by atoms with Gasteiger partial charge in [-0.25, -0.2) is 0 Å². The van der Waals surface area contributed by atoms with Crippen molar-refractivity contribution in [3.63, 3.8) is 0 Å². The molecule has 0 heterocycles. The van der Waals surface area contributed by atoms with Gasteiger partial charge in [0, 0.05) is 6.04 Å². The van der Waals surface area contributed by atoms with E-state index in [-0.39, 0.29) is 0 Å². The van der Waals surface area contributed by atoms with Crippen LogP contribution in [-0.2, 0) is 0 Å². The van der Waals surface area contributed by atoms with Crippen LogP contribution in [0.25, 0.3) is 0 Å². The normalized spacial score (nSPS) is 14.8. The maximum absolute atomic E-state index is 3.54. The molecule has 12 heavy (non-hydrogen) atoms. The molecule has 0 saturated carbocycles. The van der Waals surface area contributed by atoms with Gasteiger partial charge in [0.2, 0.25) is 0 Å². The average Bonchev–Trinajstić information content (AvgIpc) is 1.84. The van der Waals surface area contributed by atoms with Gasteiger partial charge in [-0.2, -0.15) is 0 Å². The van der Waals surface area contributed by atoms with E-state index in [1.54, 1.807) is 0 Å². The SMILES string of the molecule is CCCC(CC(C)(C)C)NCC. The predicted octanol–water partition coefficient (Wildman–Crippen LogP) is 3.20. The first-order valence-electron chi connectivity index (χ1n) is 5.23. The van der Waals surface area contributed by atoms with E-state index in [4.69, 9.17) is 0 Å². The molecule has 0 aromatic heterocycles. The molecule has 0 spiro atoms. The summed E-state index contributed by atoms with van der Waals surface area (Å²) >= 11 is 0. The first-order chi connectivity index (χ1) is 5.49. The van der Waals surface area contributed by atoms with Crippen LogP contribution in [0.1, 0.15) is 53.9 Å². The average molecular weight is 171 g/mol. The lowest BCUT2D eigenvalue weighted by atomic mass is 9.86. The van der Waals surface area contributed by atoms with Gasteiger partial charge in [-0.3, -0.25) is 0 Å². The summed E-state index contributed by atoms with van der Waals surface area (Å²) in [5, 5.41) is 3.54. The molecular formula is C11H25N. The maximum atomic E-state index is 3.54. The molecule has 0 rings (SSSR count). The predicted molar refractivity (Wildman–Crippen MR) is 56.4 cm³/mol. The number of rotatable bonds is 5. The molecule has 0 aliphatic carbocycles. The van der Waals surface area contributed by atoms with Crippen LogP contribution in [-0.4, -0.2) is 12.6 Å². The first kappa shape index (κ1) is 12.0. The van der Waals surface area contributed by atoms with Crippen molar-refractivity contribution in [3.05, 3.63) is 0 Å². The van der Waals surface area contributed by atoms with E-state index in [1.807, 2.05) is 0 Å². The van der Waals surface area contributed by atoms with Gasteiger partial charge in [0.1, 0.15) is 0 Å². The van der Waals surface area contributed by atoms with Crippen LogP contribution in [0.3, 0.4) is 0 Å². The van der Waals surface area contributed by atoms with Gasteiger partial charge < -0.3 is 5.32 Å². The molecule has 74 valence electrons. The first-order valence-corrected chi connectivity index (χ1v) is 5.23. The van der Waals surface area contributed by atoms with E-state index in [1.165, 1.54) is 19.3 Å². The Bertz CT molecular complexity index is 96.1. The molecule has 0 radical (unpaired) electrons. The molecule has 0 bridgehead atoms. The minimum Gasteiger partial charge on any atom is -0.314 e. The fourth-order valence-electron chi connectivity index (χ4n) is 1.65. The maximum Gasteiger partial charge on any atom is 0.00718 e. The van der Waals surface area contributed by atoms with E-state index in [2.05, 4.69) is 39.9 Å². The van der Waals surface area contributed by atoms with Gasteiger partial charge >= 0.3 is 0 Å². The summed E-state index contributed by atoms with van der Waals surface area (Å²) in [6, 6.07) is 0.722. The highest BCUT2D eigenvalue weighted by Crippen LogP contribution is 2.22. The van der Waals surface area contributed by atoms with Gasteiger partial charge in [-0.05, 0) is 24.8 Å². The van der Waals surface area contributed by atoms with Crippen molar-refractivity contribution in [1.29, 1.82) is 0 Å². The fourth-order valence-corrected chi connectivity index (χ4v) is 1.65. The molecule has 1 atom stereocenters. The Kier molecular flexibility index (Phi) is 5.56. The van der Waals surface area contributed by atoms with Crippen molar-refractivity contribution in [3.8, 4) is 0 Å². The molecule has 0 saturated heterocycles. The van der Waals surface area contributed by atoms with Crippen LogP contribution in [0.15, 0.2) is 0 Å². The zero-order valence-corrected chi connectivity index (χ0v) is 9.41. The van der Waals surface area contributed by atoms with Gasteiger partial charge in [0.25, 0.3) is 0 Å². The van der Waals surface area contributed by atoms with Crippen LogP contribution >= 0.6 is 0 Å². The second-order valence-corrected chi connectivity index (χ2v) is 4.81. The van der Waals surface area contributed by atoms with E-state index in [9.17, 15) is 0 Å². The Morgan fingerprint density at radius 3 is 2.08 bits per heavy atom.